The normalized spacial score (nSPS) is 11.0. The number of rotatable bonds is 4. The first-order valence-corrected chi connectivity index (χ1v) is 9.68. The fourth-order valence-corrected chi connectivity index (χ4v) is 4.37. The van der Waals surface area contributed by atoms with Gasteiger partial charge in [-0.1, -0.05) is 29.5 Å². The van der Waals surface area contributed by atoms with Crippen molar-refractivity contribution in [3.8, 4) is 0 Å². The second kappa shape index (κ2) is 7.01. The molecule has 7 heteroatoms. The van der Waals surface area contributed by atoms with Gasteiger partial charge in [0.25, 0.3) is 5.56 Å². The van der Waals surface area contributed by atoms with Gasteiger partial charge in [0.05, 0.1) is 11.1 Å². The Kier molecular flexibility index (Phi) is 4.96. The van der Waals surface area contributed by atoms with Gasteiger partial charge in [0, 0.05) is 12.7 Å². The number of thiophene rings is 1. The molecule has 0 atom stereocenters. The first kappa shape index (κ1) is 17.7. The maximum atomic E-state index is 12.3. The van der Waals surface area contributed by atoms with E-state index in [-0.39, 0.29) is 17.2 Å². The van der Waals surface area contributed by atoms with Gasteiger partial charge in [0.1, 0.15) is 4.83 Å². The molecule has 0 aliphatic rings. The number of benzene rings is 1. The van der Waals surface area contributed by atoms with Crippen molar-refractivity contribution in [3.63, 3.8) is 0 Å². The number of aryl methyl sites for hydroxylation is 3. The molecule has 3 aromatic rings. The van der Waals surface area contributed by atoms with Gasteiger partial charge < -0.3 is 5.32 Å². The number of nitrogens with zero attached hydrogens (tertiary/aromatic N) is 2. The highest BCUT2D eigenvalue weighted by Gasteiger charge is 2.13. The van der Waals surface area contributed by atoms with Crippen molar-refractivity contribution in [1.82, 2.24) is 9.55 Å². The highest BCUT2D eigenvalue weighted by atomic mass is 32.2. The Morgan fingerprint density at radius 2 is 1.96 bits per heavy atom. The average Bonchev–Trinajstić information content (AvgIpc) is 3.01. The summed E-state index contributed by atoms with van der Waals surface area (Å²) < 4.78 is 1.50. The summed E-state index contributed by atoms with van der Waals surface area (Å²) in [5.74, 6) is 0.0878. The monoisotopic (exact) mass is 373 g/mol. The van der Waals surface area contributed by atoms with E-state index in [9.17, 15) is 9.59 Å². The number of aromatic nitrogens is 2. The van der Waals surface area contributed by atoms with Crippen molar-refractivity contribution in [2.45, 2.75) is 25.9 Å². The lowest BCUT2D eigenvalue weighted by Gasteiger charge is -2.13. The molecule has 0 aliphatic carbocycles. The maximum Gasteiger partial charge on any atom is 0.262 e. The standard InChI is InChI=1S/C18H19N3O2S2/c1-10-7-11(2)15(12(3)8-10)19-14(22)9-25-18-20-16-13(5-6-24-16)17(23)21(18)4/h5-8H,9H2,1-4H3,(H,19,22). The second-order valence-electron chi connectivity index (χ2n) is 6.01. The van der Waals surface area contributed by atoms with Gasteiger partial charge >= 0.3 is 0 Å². The molecule has 0 unspecified atom stereocenters. The first-order valence-electron chi connectivity index (χ1n) is 7.81. The predicted molar refractivity (Wildman–Crippen MR) is 105 cm³/mol. The van der Waals surface area contributed by atoms with E-state index in [4.69, 9.17) is 0 Å². The molecular formula is C18H19N3O2S2. The third-order valence-electron chi connectivity index (χ3n) is 3.94. The van der Waals surface area contributed by atoms with E-state index < -0.39 is 0 Å². The molecule has 5 nitrogen and oxygen atoms in total. The van der Waals surface area contributed by atoms with Gasteiger partial charge in [-0.3, -0.25) is 14.2 Å². The predicted octanol–water partition coefficient (Wildman–Crippen LogP) is 3.65. The Labute approximate surface area is 154 Å². The largest absolute Gasteiger partial charge is 0.325 e. The molecule has 0 spiro atoms. The van der Waals surface area contributed by atoms with E-state index in [1.165, 1.54) is 33.2 Å². The lowest BCUT2D eigenvalue weighted by Crippen LogP contribution is -2.21. The van der Waals surface area contributed by atoms with Crippen LogP contribution in [0.4, 0.5) is 5.69 Å². The molecule has 2 heterocycles. The first-order chi connectivity index (χ1) is 11.9. The number of anilines is 1. The van der Waals surface area contributed by atoms with E-state index in [0.717, 1.165) is 16.8 Å². The van der Waals surface area contributed by atoms with Crippen molar-refractivity contribution in [2.24, 2.45) is 7.05 Å². The molecule has 2 aromatic heterocycles. The smallest absolute Gasteiger partial charge is 0.262 e. The molecule has 3 rings (SSSR count). The summed E-state index contributed by atoms with van der Waals surface area (Å²) in [6, 6.07) is 5.87. The van der Waals surface area contributed by atoms with Crippen LogP contribution in [0.25, 0.3) is 10.2 Å². The van der Waals surface area contributed by atoms with Crippen molar-refractivity contribution in [3.05, 3.63) is 50.6 Å². The Balaban J connectivity index is 1.75. The number of carbonyl (C=O) groups excluding carboxylic acids is 1. The van der Waals surface area contributed by atoms with Crippen LogP contribution in [0, 0.1) is 20.8 Å². The van der Waals surface area contributed by atoms with Crippen LogP contribution in [0.2, 0.25) is 0 Å². The highest BCUT2D eigenvalue weighted by molar-refractivity contribution is 7.99. The number of carbonyl (C=O) groups is 1. The van der Waals surface area contributed by atoms with Gasteiger partial charge in [-0.2, -0.15) is 0 Å². The third kappa shape index (κ3) is 3.62. The average molecular weight is 374 g/mol. The summed E-state index contributed by atoms with van der Waals surface area (Å²) in [4.78, 5) is 29.8. The maximum absolute atomic E-state index is 12.3. The Bertz CT molecular complexity index is 998. The molecule has 0 bridgehead atoms. The van der Waals surface area contributed by atoms with E-state index in [1.54, 1.807) is 13.1 Å². The van der Waals surface area contributed by atoms with Crippen molar-refractivity contribution < 1.29 is 4.79 Å². The number of thioether (sulfide) groups is 1. The lowest BCUT2D eigenvalue weighted by atomic mass is 10.1. The van der Waals surface area contributed by atoms with Crippen molar-refractivity contribution >= 4 is 44.9 Å². The van der Waals surface area contributed by atoms with Crippen LogP contribution in [0.3, 0.4) is 0 Å². The van der Waals surface area contributed by atoms with E-state index >= 15 is 0 Å². The number of hydrogen-bond donors (Lipinski definition) is 1. The molecule has 0 radical (unpaired) electrons. The minimum Gasteiger partial charge on any atom is -0.325 e. The van der Waals surface area contributed by atoms with Crippen LogP contribution >= 0.6 is 23.1 Å². The molecule has 1 amide bonds. The number of nitrogens with one attached hydrogen (secondary N) is 1. The topological polar surface area (TPSA) is 64.0 Å². The summed E-state index contributed by atoms with van der Waals surface area (Å²) in [6.45, 7) is 6.01. The summed E-state index contributed by atoms with van der Waals surface area (Å²) in [6.07, 6.45) is 0. The molecule has 1 aromatic carbocycles. The molecule has 25 heavy (non-hydrogen) atoms. The summed E-state index contributed by atoms with van der Waals surface area (Å²) >= 11 is 2.70. The molecule has 1 N–H and O–H groups in total. The van der Waals surface area contributed by atoms with Gasteiger partial charge in [0.15, 0.2) is 5.16 Å². The molecular weight excluding hydrogens is 354 g/mol. The van der Waals surface area contributed by atoms with Crippen LogP contribution in [0.5, 0.6) is 0 Å². The van der Waals surface area contributed by atoms with Crippen LogP contribution in [0.15, 0.2) is 33.5 Å². The van der Waals surface area contributed by atoms with E-state index in [2.05, 4.69) is 10.3 Å². The van der Waals surface area contributed by atoms with Crippen molar-refractivity contribution in [2.75, 3.05) is 11.1 Å². The van der Waals surface area contributed by atoms with Gasteiger partial charge in [-0.05, 0) is 43.3 Å². The zero-order chi connectivity index (χ0) is 18.1. The zero-order valence-electron chi connectivity index (χ0n) is 14.5. The Hall–Kier alpha value is -2.12. The molecule has 0 saturated carbocycles. The van der Waals surface area contributed by atoms with Gasteiger partial charge in [-0.25, -0.2) is 4.98 Å². The summed E-state index contributed by atoms with van der Waals surface area (Å²) in [7, 11) is 1.68. The minimum absolute atomic E-state index is 0.0839. The van der Waals surface area contributed by atoms with Crippen LogP contribution < -0.4 is 10.9 Å². The molecule has 130 valence electrons. The Morgan fingerprint density at radius 1 is 1.28 bits per heavy atom. The van der Waals surface area contributed by atoms with Crippen molar-refractivity contribution in [1.29, 1.82) is 0 Å². The SMILES string of the molecule is Cc1cc(C)c(NC(=O)CSc2nc3sccc3c(=O)n2C)c(C)c1. The number of hydrogen-bond acceptors (Lipinski definition) is 5. The second-order valence-corrected chi connectivity index (χ2v) is 7.85. The quantitative estimate of drug-likeness (QED) is 0.560. The van der Waals surface area contributed by atoms with E-state index in [0.29, 0.717) is 15.4 Å². The summed E-state index contributed by atoms with van der Waals surface area (Å²) in [5, 5.41) is 5.99. The van der Waals surface area contributed by atoms with Gasteiger partial charge in [0.2, 0.25) is 5.91 Å². The lowest BCUT2D eigenvalue weighted by molar-refractivity contribution is -0.113. The minimum atomic E-state index is -0.111. The molecule has 0 saturated heterocycles. The molecule has 0 fully saturated rings. The fraction of sp³-hybridized carbons (Fsp3) is 0.278. The van der Waals surface area contributed by atoms with Crippen LogP contribution in [-0.4, -0.2) is 21.2 Å². The Morgan fingerprint density at radius 3 is 2.64 bits per heavy atom. The third-order valence-corrected chi connectivity index (χ3v) is 5.77. The molecule has 0 aliphatic heterocycles. The van der Waals surface area contributed by atoms with Crippen LogP contribution in [-0.2, 0) is 11.8 Å². The highest BCUT2D eigenvalue weighted by Crippen LogP contribution is 2.23. The fourth-order valence-electron chi connectivity index (χ4n) is 2.79. The summed E-state index contributed by atoms with van der Waals surface area (Å²) in [5.41, 5.74) is 4.03. The number of fused-ring (bicyclic) bond motifs is 1. The number of amides is 1. The van der Waals surface area contributed by atoms with E-state index in [1.807, 2.05) is 38.3 Å². The van der Waals surface area contributed by atoms with Gasteiger partial charge in [-0.15, -0.1) is 11.3 Å². The zero-order valence-corrected chi connectivity index (χ0v) is 16.2. The van der Waals surface area contributed by atoms with Crippen LogP contribution in [0.1, 0.15) is 16.7 Å².